The first-order chi connectivity index (χ1) is 11.0. The number of esters is 1. The first-order valence-corrected chi connectivity index (χ1v) is 7.04. The zero-order valence-corrected chi connectivity index (χ0v) is 12.5. The molecule has 0 aromatic heterocycles. The van der Waals surface area contributed by atoms with Gasteiger partial charge in [-0.05, 0) is 43.3 Å². The number of amides is 1. The molecule has 2 N–H and O–H groups in total. The molecule has 0 aliphatic carbocycles. The van der Waals surface area contributed by atoms with Crippen molar-refractivity contribution in [1.29, 1.82) is 0 Å². The quantitative estimate of drug-likeness (QED) is 0.832. The van der Waals surface area contributed by atoms with E-state index in [1.54, 1.807) is 25.1 Å². The first-order valence-electron chi connectivity index (χ1n) is 7.04. The number of phenols is 1. The van der Waals surface area contributed by atoms with Crippen LogP contribution in [0.15, 0.2) is 42.5 Å². The van der Waals surface area contributed by atoms with Crippen molar-refractivity contribution >= 4 is 17.6 Å². The molecule has 0 aliphatic rings. The molecule has 23 heavy (non-hydrogen) atoms. The zero-order valence-electron chi connectivity index (χ0n) is 12.5. The summed E-state index contributed by atoms with van der Waals surface area (Å²) in [6.07, 6.45) is -0.187. The lowest BCUT2D eigenvalue weighted by Crippen LogP contribution is -2.15. The second kappa shape index (κ2) is 7.40. The van der Waals surface area contributed by atoms with Gasteiger partial charge in [0, 0.05) is 11.3 Å². The minimum Gasteiger partial charge on any atom is -0.508 e. The monoisotopic (exact) mass is 317 g/mol. The lowest BCUT2D eigenvalue weighted by atomic mass is 10.1. The average molecular weight is 317 g/mol. The van der Waals surface area contributed by atoms with Crippen LogP contribution in [0.4, 0.5) is 10.1 Å². The molecule has 6 heteroatoms. The second-order valence-corrected chi connectivity index (χ2v) is 4.80. The predicted molar refractivity (Wildman–Crippen MR) is 82.8 cm³/mol. The number of rotatable bonds is 5. The van der Waals surface area contributed by atoms with Gasteiger partial charge in [-0.15, -0.1) is 0 Å². The number of phenolic OH excluding ortho intramolecular Hbond substituents is 1. The largest absolute Gasteiger partial charge is 0.508 e. The van der Waals surface area contributed by atoms with Gasteiger partial charge in [-0.3, -0.25) is 4.79 Å². The fraction of sp³-hybridized carbons (Fsp3) is 0.176. The van der Waals surface area contributed by atoms with E-state index in [0.29, 0.717) is 11.3 Å². The molecule has 0 fully saturated rings. The third kappa shape index (κ3) is 4.54. The Hall–Kier alpha value is -2.89. The van der Waals surface area contributed by atoms with E-state index in [0.717, 1.165) is 12.1 Å². The van der Waals surface area contributed by atoms with Crippen molar-refractivity contribution < 1.29 is 23.8 Å². The summed E-state index contributed by atoms with van der Waals surface area (Å²) in [5.41, 5.74) is 0.916. The van der Waals surface area contributed by atoms with Crippen LogP contribution in [0.5, 0.6) is 5.75 Å². The Kier molecular flexibility index (Phi) is 5.30. The zero-order chi connectivity index (χ0) is 16.8. The molecule has 0 saturated carbocycles. The molecule has 0 radical (unpaired) electrons. The maximum Gasteiger partial charge on any atom is 0.338 e. The number of aromatic hydroxyl groups is 1. The molecular formula is C17H16FNO4. The molecule has 2 rings (SSSR count). The maximum absolute atomic E-state index is 13.1. The van der Waals surface area contributed by atoms with Gasteiger partial charge in [0.2, 0.25) is 5.91 Å². The number of halogens is 1. The fourth-order valence-corrected chi connectivity index (χ4v) is 2.01. The molecule has 2 aromatic carbocycles. The Bertz CT molecular complexity index is 730. The second-order valence-electron chi connectivity index (χ2n) is 4.80. The van der Waals surface area contributed by atoms with Crippen molar-refractivity contribution in [3.8, 4) is 5.75 Å². The number of ether oxygens (including phenoxy) is 1. The molecule has 1 amide bonds. The summed E-state index contributed by atoms with van der Waals surface area (Å²) in [5.74, 6) is -1.60. The van der Waals surface area contributed by atoms with Crippen molar-refractivity contribution in [3.05, 3.63) is 59.4 Å². The summed E-state index contributed by atoms with van der Waals surface area (Å²) in [7, 11) is 0. The Balaban J connectivity index is 2.07. The van der Waals surface area contributed by atoms with Gasteiger partial charge in [0.1, 0.15) is 11.6 Å². The molecular weight excluding hydrogens is 301 g/mol. The summed E-state index contributed by atoms with van der Waals surface area (Å²) in [6.45, 7) is 1.96. The molecule has 0 heterocycles. The third-order valence-corrected chi connectivity index (χ3v) is 3.05. The highest BCUT2D eigenvalue weighted by atomic mass is 19.1. The molecule has 0 aliphatic heterocycles. The SMILES string of the molecule is CCOC(=O)c1cccc(NC(=O)Cc2cc(F)ccc2O)c1. The Morgan fingerprint density at radius 2 is 2.00 bits per heavy atom. The van der Waals surface area contributed by atoms with E-state index in [1.165, 1.54) is 12.1 Å². The Morgan fingerprint density at radius 3 is 2.74 bits per heavy atom. The highest BCUT2D eigenvalue weighted by Gasteiger charge is 2.11. The summed E-state index contributed by atoms with van der Waals surface area (Å²) < 4.78 is 18.0. The van der Waals surface area contributed by atoms with Crippen LogP contribution in [0, 0.1) is 5.82 Å². The smallest absolute Gasteiger partial charge is 0.338 e. The van der Waals surface area contributed by atoms with Gasteiger partial charge < -0.3 is 15.2 Å². The number of carbonyl (C=O) groups is 2. The van der Waals surface area contributed by atoms with Crippen LogP contribution < -0.4 is 5.32 Å². The molecule has 2 aromatic rings. The fourth-order valence-electron chi connectivity index (χ4n) is 2.01. The maximum atomic E-state index is 13.1. The average Bonchev–Trinajstić information content (AvgIpc) is 2.51. The van der Waals surface area contributed by atoms with E-state index in [9.17, 15) is 19.1 Å². The van der Waals surface area contributed by atoms with Gasteiger partial charge in [0.25, 0.3) is 0 Å². The van der Waals surface area contributed by atoms with Crippen molar-refractivity contribution in [3.63, 3.8) is 0 Å². The van der Waals surface area contributed by atoms with Gasteiger partial charge in [-0.25, -0.2) is 9.18 Å². The van der Waals surface area contributed by atoms with Gasteiger partial charge in [0.05, 0.1) is 18.6 Å². The number of carbonyl (C=O) groups excluding carboxylic acids is 2. The topological polar surface area (TPSA) is 75.6 Å². The van der Waals surface area contributed by atoms with Crippen LogP contribution in [-0.2, 0) is 16.0 Å². The summed E-state index contributed by atoms with van der Waals surface area (Å²) >= 11 is 0. The normalized spacial score (nSPS) is 10.2. The van der Waals surface area contributed by atoms with Crippen molar-refractivity contribution in [1.82, 2.24) is 0 Å². The van der Waals surface area contributed by atoms with E-state index in [4.69, 9.17) is 4.74 Å². The molecule has 0 bridgehead atoms. The highest BCUT2D eigenvalue weighted by Crippen LogP contribution is 2.19. The summed E-state index contributed by atoms with van der Waals surface area (Å²) in [6, 6.07) is 9.70. The molecule has 0 unspecified atom stereocenters. The number of anilines is 1. The molecule has 5 nitrogen and oxygen atoms in total. The third-order valence-electron chi connectivity index (χ3n) is 3.05. The van der Waals surface area contributed by atoms with E-state index in [-0.39, 0.29) is 24.3 Å². The van der Waals surface area contributed by atoms with Crippen LogP contribution in [0.25, 0.3) is 0 Å². The summed E-state index contributed by atoms with van der Waals surface area (Å²) in [5, 5.41) is 12.2. The number of hydrogen-bond acceptors (Lipinski definition) is 4. The van der Waals surface area contributed by atoms with Gasteiger partial charge in [0.15, 0.2) is 0 Å². The molecule has 0 saturated heterocycles. The summed E-state index contributed by atoms with van der Waals surface area (Å²) in [4.78, 5) is 23.6. The van der Waals surface area contributed by atoms with E-state index in [1.807, 2.05) is 0 Å². The Morgan fingerprint density at radius 1 is 1.22 bits per heavy atom. The predicted octanol–water partition coefficient (Wildman–Crippen LogP) is 2.89. The lowest BCUT2D eigenvalue weighted by Gasteiger charge is -2.08. The lowest BCUT2D eigenvalue weighted by molar-refractivity contribution is -0.115. The number of nitrogens with one attached hydrogen (secondary N) is 1. The number of benzene rings is 2. The first kappa shape index (κ1) is 16.5. The van der Waals surface area contributed by atoms with Crippen molar-refractivity contribution in [2.75, 3.05) is 11.9 Å². The standard InChI is InChI=1S/C17H16FNO4/c1-2-23-17(22)11-4-3-5-14(9-11)19-16(21)10-12-8-13(18)6-7-15(12)20/h3-9,20H,2,10H2,1H3,(H,19,21). The van der Waals surface area contributed by atoms with Crippen LogP contribution in [-0.4, -0.2) is 23.6 Å². The molecule has 0 atom stereocenters. The van der Waals surface area contributed by atoms with Crippen LogP contribution >= 0.6 is 0 Å². The minimum atomic E-state index is -0.532. The van der Waals surface area contributed by atoms with Crippen LogP contribution in [0.1, 0.15) is 22.8 Å². The number of hydrogen-bond donors (Lipinski definition) is 2. The van der Waals surface area contributed by atoms with E-state index < -0.39 is 17.7 Å². The Labute approximate surface area is 132 Å². The van der Waals surface area contributed by atoms with Gasteiger partial charge >= 0.3 is 5.97 Å². The van der Waals surface area contributed by atoms with Crippen LogP contribution in [0.3, 0.4) is 0 Å². The molecule has 120 valence electrons. The van der Waals surface area contributed by atoms with Gasteiger partial charge in [-0.1, -0.05) is 6.07 Å². The van der Waals surface area contributed by atoms with E-state index in [2.05, 4.69) is 5.32 Å². The minimum absolute atomic E-state index is 0.151. The molecule has 0 spiro atoms. The van der Waals surface area contributed by atoms with Crippen molar-refractivity contribution in [2.24, 2.45) is 0 Å². The van der Waals surface area contributed by atoms with Crippen LogP contribution in [0.2, 0.25) is 0 Å². The highest BCUT2D eigenvalue weighted by molar-refractivity contribution is 5.95. The van der Waals surface area contributed by atoms with Crippen molar-refractivity contribution in [2.45, 2.75) is 13.3 Å². The van der Waals surface area contributed by atoms with Gasteiger partial charge in [-0.2, -0.15) is 0 Å². The van der Waals surface area contributed by atoms with E-state index >= 15 is 0 Å².